The van der Waals surface area contributed by atoms with Gasteiger partial charge in [0.2, 0.25) is 0 Å². The Bertz CT molecular complexity index is 798. The van der Waals surface area contributed by atoms with Gasteiger partial charge in [0.1, 0.15) is 6.04 Å². The highest BCUT2D eigenvalue weighted by molar-refractivity contribution is 7.12. The van der Waals surface area contributed by atoms with Crippen LogP contribution in [0.5, 0.6) is 0 Å². The number of piperazine rings is 1. The smallest absolute Gasteiger partial charge is 0.328 e. The molecule has 27 heavy (non-hydrogen) atoms. The summed E-state index contributed by atoms with van der Waals surface area (Å²) in [5, 5.41) is 2.57. The molecule has 7 heteroatoms. The highest BCUT2D eigenvalue weighted by Gasteiger charge is 2.33. The van der Waals surface area contributed by atoms with E-state index in [1.807, 2.05) is 35.4 Å². The summed E-state index contributed by atoms with van der Waals surface area (Å²) in [5.41, 5.74) is 1.87. The lowest BCUT2D eigenvalue weighted by Gasteiger charge is -2.38. The molecule has 1 aromatic heterocycles. The van der Waals surface area contributed by atoms with Crippen LogP contribution in [0.1, 0.15) is 33.8 Å². The van der Waals surface area contributed by atoms with Crippen molar-refractivity contribution in [1.29, 1.82) is 0 Å². The predicted octanol–water partition coefficient (Wildman–Crippen LogP) is 3.77. The van der Waals surface area contributed by atoms with E-state index in [0.29, 0.717) is 37.8 Å². The van der Waals surface area contributed by atoms with E-state index in [2.05, 4.69) is 4.90 Å². The Morgan fingerprint density at radius 3 is 2.37 bits per heavy atom. The third-order valence-electron chi connectivity index (χ3n) is 4.72. The van der Waals surface area contributed by atoms with Crippen molar-refractivity contribution < 1.29 is 14.3 Å². The van der Waals surface area contributed by atoms with E-state index in [9.17, 15) is 9.59 Å². The number of thiophene rings is 1. The molecular weight excluding hydrogens is 384 g/mol. The number of carbonyl (C=O) groups excluding carboxylic acids is 2. The summed E-state index contributed by atoms with van der Waals surface area (Å²) in [7, 11) is 0. The van der Waals surface area contributed by atoms with Crippen LogP contribution < -0.4 is 0 Å². The topological polar surface area (TPSA) is 49.9 Å². The van der Waals surface area contributed by atoms with E-state index in [1.54, 1.807) is 19.1 Å². The van der Waals surface area contributed by atoms with E-state index >= 15 is 0 Å². The van der Waals surface area contributed by atoms with Crippen molar-refractivity contribution in [2.45, 2.75) is 19.9 Å². The fraction of sp³-hybridized carbons (Fsp3) is 0.400. The predicted molar refractivity (Wildman–Crippen MR) is 107 cm³/mol. The SMILES string of the molecule is CCOC(=O)[C@@H](c1ccc(Cl)cc1)N1CCN(C(=O)c2sccc2C)CC1. The minimum absolute atomic E-state index is 0.0707. The molecule has 0 N–H and O–H groups in total. The Morgan fingerprint density at radius 2 is 1.81 bits per heavy atom. The number of aryl methyl sites for hydroxylation is 1. The summed E-state index contributed by atoms with van der Waals surface area (Å²) in [4.78, 5) is 30.0. The third kappa shape index (κ3) is 4.51. The molecule has 0 spiro atoms. The molecule has 3 rings (SSSR count). The van der Waals surface area contributed by atoms with Crippen molar-refractivity contribution in [3.05, 3.63) is 56.7 Å². The molecule has 1 amide bonds. The molecule has 0 unspecified atom stereocenters. The fourth-order valence-electron chi connectivity index (χ4n) is 3.28. The van der Waals surface area contributed by atoms with Crippen molar-refractivity contribution in [2.75, 3.05) is 32.8 Å². The number of amides is 1. The zero-order valence-electron chi connectivity index (χ0n) is 15.5. The number of halogens is 1. The monoisotopic (exact) mass is 406 g/mol. The molecule has 1 atom stereocenters. The summed E-state index contributed by atoms with van der Waals surface area (Å²) >= 11 is 7.46. The summed E-state index contributed by atoms with van der Waals surface area (Å²) in [5.74, 6) is -0.199. The molecule has 1 aliphatic rings. The van der Waals surface area contributed by atoms with Gasteiger partial charge in [-0.05, 0) is 48.6 Å². The molecule has 144 valence electrons. The van der Waals surface area contributed by atoms with Gasteiger partial charge in [0, 0.05) is 31.2 Å². The number of carbonyl (C=O) groups is 2. The average molecular weight is 407 g/mol. The second kappa shape index (κ2) is 8.87. The quantitative estimate of drug-likeness (QED) is 0.709. The van der Waals surface area contributed by atoms with Crippen LogP contribution >= 0.6 is 22.9 Å². The standard InChI is InChI=1S/C20H23ClN2O3S/c1-3-26-20(25)17(15-4-6-16(21)7-5-15)22-9-11-23(12-10-22)19(24)18-14(2)8-13-27-18/h4-8,13,17H,3,9-12H2,1-2H3/t17-/m1/s1. The van der Waals surface area contributed by atoms with E-state index in [1.165, 1.54) is 11.3 Å². The molecule has 2 heterocycles. The molecule has 2 aromatic rings. The summed E-state index contributed by atoms with van der Waals surface area (Å²) in [6, 6.07) is 8.76. The zero-order chi connectivity index (χ0) is 19.4. The maximum Gasteiger partial charge on any atom is 0.328 e. The van der Waals surface area contributed by atoms with Gasteiger partial charge < -0.3 is 9.64 Å². The molecule has 0 aliphatic carbocycles. The van der Waals surface area contributed by atoms with Crippen molar-refractivity contribution in [3.63, 3.8) is 0 Å². The molecule has 0 radical (unpaired) electrons. The van der Waals surface area contributed by atoms with Gasteiger partial charge in [-0.3, -0.25) is 9.69 Å². The third-order valence-corrected chi connectivity index (χ3v) is 5.97. The van der Waals surface area contributed by atoms with Gasteiger partial charge in [0.15, 0.2) is 0 Å². The van der Waals surface area contributed by atoms with Crippen molar-refractivity contribution in [1.82, 2.24) is 9.80 Å². The number of esters is 1. The van der Waals surface area contributed by atoms with Gasteiger partial charge in [-0.1, -0.05) is 23.7 Å². The van der Waals surface area contributed by atoms with E-state index in [-0.39, 0.29) is 11.9 Å². The molecule has 1 saturated heterocycles. The van der Waals surface area contributed by atoms with Crippen LogP contribution in [0.4, 0.5) is 0 Å². The Hall–Kier alpha value is -1.89. The van der Waals surface area contributed by atoms with Gasteiger partial charge in [-0.15, -0.1) is 11.3 Å². The van der Waals surface area contributed by atoms with E-state index in [0.717, 1.165) is 16.0 Å². The lowest BCUT2D eigenvalue weighted by atomic mass is 10.0. The summed E-state index contributed by atoms with van der Waals surface area (Å²) in [6.45, 7) is 6.48. The lowest BCUT2D eigenvalue weighted by molar-refractivity contribution is -0.150. The van der Waals surface area contributed by atoms with Crippen molar-refractivity contribution in [2.24, 2.45) is 0 Å². The number of benzene rings is 1. The largest absolute Gasteiger partial charge is 0.465 e. The first kappa shape index (κ1) is 19.9. The number of hydrogen-bond donors (Lipinski definition) is 0. The second-order valence-corrected chi connectivity index (χ2v) is 7.82. The Balaban J connectivity index is 1.72. The zero-order valence-corrected chi connectivity index (χ0v) is 17.1. The number of hydrogen-bond acceptors (Lipinski definition) is 5. The molecular formula is C20H23ClN2O3S. The molecule has 1 aliphatic heterocycles. The normalized spacial score (nSPS) is 16.2. The first-order valence-electron chi connectivity index (χ1n) is 9.00. The minimum Gasteiger partial charge on any atom is -0.465 e. The van der Waals surface area contributed by atoms with Crippen LogP contribution in [0.15, 0.2) is 35.7 Å². The maximum atomic E-state index is 12.7. The first-order valence-corrected chi connectivity index (χ1v) is 10.3. The van der Waals surface area contributed by atoms with Gasteiger partial charge in [-0.25, -0.2) is 4.79 Å². The molecule has 0 bridgehead atoms. The number of ether oxygens (including phenoxy) is 1. The average Bonchev–Trinajstić information content (AvgIpc) is 3.10. The molecule has 5 nitrogen and oxygen atoms in total. The van der Waals surface area contributed by atoms with E-state index in [4.69, 9.17) is 16.3 Å². The van der Waals surface area contributed by atoms with Crippen LogP contribution in [0.25, 0.3) is 0 Å². The van der Waals surface area contributed by atoms with Crippen LogP contribution in [-0.2, 0) is 9.53 Å². The van der Waals surface area contributed by atoms with Crippen molar-refractivity contribution in [3.8, 4) is 0 Å². The molecule has 1 aromatic carbocycles. The highest BCUT2D eigenvalue weighted by atomic mass is 35.5. The number of nitrogens with zero attached hydrogens (tertiary/aromatic N) is 2. The fourth-order valence-corrected chi connectivity index (χ4v) is 4.30. The molecule has 1 fully saturated rings. The second-order valence-electron chi connectivity index (χ2n) is 6.47. The van der Waals surface area contributed by atoms with Crippen LogP contribution in [0.2, 0.25) is 5.02 Å². The summed E-state index contributed by atoms with van der Waals surface area (Å²) in [6.07, 6.45) is 0. The lowest BCUT2D eigenvalue weighted by Crippen LogP contribution is -2.51. The highest BCUT2D eigenvalue weighted by Crippen LogP contribution is 2.26. The van der Waals surface area contributed by atoms with Crippen LogP contribution in [0, 0.1) is 6.92 Å². The van der Waals surface area contributed by atoms with Crippen LogP contribution in [0.3, 0.4) is 0 Å². The van der Waals surface area contributed by atoms with Gasteiger partial charge in [0.05, 0.1) is 11.5 Å². The first-order chi connectivity index (χ1) is 13.0. The van der Waals surface area contributed by atoms with E-state index < -0.39 is 6.04 Å². The van der Waals surface area contributed by atoms with Crippen molar-refractivity contribution >= 4 is 34.8 Å². The van der Waals surface area contributed by atoms with Gasteiger partial charge >= 0.3 is 5.97 Å². The Morgan fingerprint density at radius 1 is 1.15 bits per heavy atom. The number of rotatable bonds is 5. The summed E-state index contributed by atoms with van der Waals surface area (Å²) < 4.78 is 5.30. The minimum atomic E-state index is -0.483. The van der Waals surface area contributed by atoms with Crippen LogP contribution in [-0.4, -0.2) is 54.5 Å². The maximum absolute atomic E-state index is 12.7. The Labute approximate surface area is 168 Å². The molecule has 0 saturated carbocycles. The van der Waals surface area contributed by atoms with Gasteiger partial charge in [-0.2, -0.15) is 0 Å². The Kier molecular flexibility index (Phi) is 6.52. The van der Waals surface area contributed by atoms with Gasteiger partial charge in [0.25, 0.3) is 5.91 Å².